The summed E-state index contributed by atoms with van der Waals surface area (Å²) in [6.45, 7) is 0. The topological polar surface area (TPSA) is 62.2 Å². The van der Waals surface area contributed by atoms with Gasteiger partial charge in [0.25, 0.3) is 5.91 Å². The summed E-state index contributed by atoms with van der Waals surface area (Å²) in [6.07, 6.45) is 0. The smallest absolute Gasteiger partial charge is 0.260 e. The molecule has 0 saturated carbocycles. The standard InChI is InChI=1S/C12H8FIN2O2/c13-10-2-1-3-11(15-10)16-12(18)8-6-7(14)4-5-9(8)17/h1-6,17H,(H,15,16,18). The first-order valence-electron chi connectivity index (χ1n) is 4.98. The molecule has 0 aliphatic rings. The van der Waals surface area contributed by atoms with Gasteiger partial charge >= 0.3 is 0 Å². The summed E-state index contributed by atoms with van der Waals surface area (Å²) in [7, 11) is 0. The van der Waals surface area contributed by atoms with Crippen molar-refractivity contribution < 1.29 is 14.3 Å². The van der Waals surface area contributed by atoms with Gasteiger partial charge in [-0.05, 0) is 52.9 Å². The molecule has 0 atom stereocenters. The third-order valence-corrected chi connectivity index (χ3v) is 2.83. The van der Waals surface area contributed by atoms with Gasteiger partial charge in [0.05, 0.1) is 5.56 Å². The number of aromatic hydroxyl groups is 1. The summed E-state index contributed by atoms with van der Waals surface area (Å²) in [5.41, 5.74) is 0.118. The van der Waals surface area contributed by atoms with Crippen LogP contribution in [0.2, 0.25) is 0 Å². The molecule has 0 aliphatic heterocycles. The van der Waals surface area contributed by atoms with E-state index in [0.29, 0.717) is 0 Å². The largest absolute Gasteiger partial charge is 0.507 e. The Bertz CT molecular complexity index is 604. The lowest BCUT2D eigenvalue weighted by Gasteiger charge is -2.06. The molecule has 18 heavy (non-hydrogen) atoms. The van der Waals surface area contributed by atoms with Gasteiger partial charge in [0.1, 0.15) is 11.6 Å². The maximum atomic E-state index is 12.9. The van der Waals surface area contributed by atoms with E-state index < -0.39 is 11.9 Å². The molecule has 2 N–H and O–H groups in total. The first-order valence-corrected chi connectivity index (χ1v) is 6.06. The molecule has 2 aromatic rings. The van der Waals surface area contributed by atoms with Crippen LogP contribution in [0.1, 0.15) is 10.4 Å². The second kappa shape index (κ2) is 5.30. The first kappa shape index (κ1) is 12.7. The maximum absolute atomic E-state index is 12.9. The van der Waals surface area contributed by atoms with Crippen molar-refractivity contribution in [2.24, 2.45) is 0 Å². The van der Waals surface area contributed by atoms with E-state index in [1.807, 2.05) is 22.6 Å². The molecule has 0 unspecified atom stereocenters. The summed E-state index contributed by atoms with van der Waals surface area (Å²) in [4.78, 5) is 15.4. The molecule has 2 rings (SSSR count). The monoisotopic (exact) mass is 358 g/mol. The number of hydrogen-bond donors (Lipinski definition) is 2. The van der Waals surface area contributed by atoms with Crippen molar-refractivity contribution in [3.05, 3.63) is 51.5 Å². The van der Waals surface area contributed by atoms with Crippen LogP contribution in [0.4, 0.5) is 10.2 Å². The van der Waals surface area contributed by atoms with Crippen molar-refractivity contribution in [3.63, 3.8) is 0 Å². The van der Waals surface area contributed by atoms with E-state index in [1.54, 1.807) is 6.07 Å². The molecule has 6 heteroatoms. The summed E-state index contributed by atoms with van der Waals surface area (Å²) >= 11 is 2.03. The molecule has 0 saturated heterocycles. The number of halogens is 2. The molecule has 92 valence electrons. The zero-order valence-corrected chi connectivity index (χ0v) is 11.2. The van der Waals surface area contributed by atoms with Gasteiger partial charge in [-0.2, -0.15) is 4.39 Å². The van der Waals surface area contributed by atoms with Gasteiger partial charge in [-0.1, -0.05) is 6.07 Å². The highest BCUT2D eigenvalue weighted by Crippen LogP contribution is 2.20. The lowest BCUT2D eigenvalue weighted by molar-refractivity contribution is 0.102. The molecule has 0 bridgehead atoms. The average molecular weight is 358 g/mol. The minimum atomic E-state index is -0.681. The van der Waals surface area contributed by atoms with E-state index >= 15 is 0 Å². The Kier molecular flexibility index (Phi) is 3.75. The van der Waals surface area contributed by atoms with Crippen molar-refractivity contribution in [2.75, 3.05) is 5.32 Å². The molecule has 1 heterocycles. The minimum Gasteiger partial charge on any atom is -0.507 e. The van der Waals surface area contributed by atoms with Crippen LogP contribution in [0.3, 0.4) is 0 Å². The molecule has 0 radical (unpaired) electrons. The van der Waals surface area contributed by atoms with Crippen LogP contribution in [0.15, 0.2) is 36.4 Å². The fourth-order valence-electron chi connectivity index (χ4n) is 1.35. The number of anilines is 1. The number of phenolic OH excluding ortho intramolecular Hbond substituents is 1. The molecular formula is C12H8FIN2O2. The summed E-state index contributed by atoms with van der Waals surface area (Å²) in [5.74, 6) is -1.26. The number of pyridine rings is 1. The van der Waals surface area contributed by atoms with Crippen LogP contribution in [-0.4, -0.2) is 16.0 Å². The van der Waals surface area contributed by atoms with Crippen molar-refractivity contribution >= 4 is 34.3 Å². The minimum absolute atomic E-state index is 0.0956. The quantitative estimate of drug-likeness (QED) is 0.641. The Balaban J connectivity index is 2.24. The first-order chi connectivity index (χ1) is 8.56. The maximum Gasteiger partial charge on any atom is 0.260 e. The zero-order chi connectivity index (χ0) is 13.1. The lowest BCUT2D eigenvalue weighted by atomic mass is 10.2. The van der Waals surface area contributed by atoms with Crippen LogP contribution >= 0.6 is 22.6 Å². The lowest BCUT2D eigenvalue weighted by Crippen LogP contribution is -2.13. The number of carbonyl (C=O) groups is 1. The van der Waals surface area contributed by atoms with Gasteiger partial charge < -0.3 is 10.4 Å². The van der Waals surface area contributed by atoms with Crippen LogP contribution < -0.4 is 5.32 Å². The third-order valence-electron chi connectivity index (χ3n) is 2.16. The highest BCUT2D eigenvalue weighted by atomic mass is 127. The summed E-state index contributed by atoms with van der Waals surface area (Å²) in [5, 5.41) is 12.0. The third kappa shape index (κ3) is 2.95. The van der Waals surface area contributed by atoms with Crippen LogP contribution in [0, 0.1) is 9.52 Å². The van der Waals surface area contributed by atoms with Crippen LogP contribution in [0.25, 0.3) is 0 Å². The number of benzene rings is 1. The van der Waals surface area contributed by atoms with Gasteiger partial charge in [0.2, 0.25) is 5.95 Å². The number of nitrogens with zero attached hydrogens (tertiary/aromatic N) is 1. The molecule has 1 aromatic heterocycles. The van der Waals surface area contributed by atoms with E-state index in [2.05, 4.69) is 10.3 Å². The Hall–Kier alpha value is -1.70. The van der Waals surface area contributed by atoms with Crippen LogP contribution in [-0.2, 0) is 0 Å². The Morgan fingerprint density at radius 2 is 2.11 bits per heavy atom. The van der Waals surface area contributed by atoms with Gasteiger partial charge in [-0.3, -0.25) is 4.79 Å². The van der Waals surface area contributed by atoms with Crippen molar-refractivity contribution in [1.82, 2.24) is 4.98 Å². The van der Waals surface area contributed by atoms with Crippen molar-refractivity contribution in [3.8, 4) is 5.75 Å². The van der Waals surface area contributed by atoms with Gasteiger partial charge in [0.15, 0.2) is 0 Å². The predicted octanol–water partition coefficient (Wildman–Crippen LogP) is 2.78. The fourth-order valence-corrected chi connectivity index (χ4v) is 1.84. The van der Waals surface area contributed by atoms with Crippen molar-refractivity contribution in [2.45, 2.75) is 0 Å². The second-order valence-electron chi connectivity index (χ2n) is 3.46. The highest BCUT2D eigenvalue weighted by molar-refractivity contribution is 14.1. The molecule has 4 nitrogen and oxygen atoms in total. The Labute approximate surface area is 116 Å². The number of carbonyl (C=O) groups excluding carboxylic acids is 1. The van der Waals surface area contributed by atoms with Crippen molar-refractivity contribution in [1.29, 1.82) is 0 Å². The molecule has 1 aromatic carbocycles. The number of phenols is 1. The normalized spacial score (nSPS) is 10.1. The van der Waals surface area contributed by atoms with Crippen LogP contribution in [0.5, 0.6) is 5.75 Å². The number of nitrogens with one attached hydrogen (secondary N) is 1. The Morgan fingerprint density at radius 1 is 1.33 bits per heavy atom. The van der Waals surface area contributed by atoms with E-state index in [9.17, 15) is 14.3 Å². The fraction of sp³-hybridized carbons (Fsp3) is 0. The zero-order valence-electron chi connectivity index (χ0n) is 9.02. The van der Waals surface area contributed by atoms with Gasteiger partial charge in [0, 0.05) is 3.57 Å². The number of aromatic nitrogens is 1. The molecule has 0 spiro atoms. The highest BCUT2D eigenvalue weighted by Gasteiger charge is 2.12. The summed E-state index contributed by atoms with van der Waals surface area (Å²) in [6, 6.07) is 8.71. The van der Waals surface area contributed by atoms with Gasteiger partial charge in [-0.15, -0.1) is 0 Å². The molecule has 1 amide bonds. The van der Waals surface area contributed by atoms with E-state index in [0.717, 1.165) is 3.57 Å². The number of rotatable bonds is 2. The van der Waals surface area contributed by atoms with E-state index in [1.165, 1.54) is 30.3 Å². The average Bonchev–Trinajstić information content (AvgIpc) is 2.32. The van der Waals surface area contributed by atoms with E-state index in [-0.39, 0.29) is 17.1 Å². The second-order valence-corrected chi connectivity index (χ2v) is 4.71. The molecule has 0 fully saturated rings. The number of amides is 1. The Morgan fingerprint density at radius 3 is 2.83 bits per heavy atom. The van der Waals surface area contributed by atoms with Gasteiger partial charge in [-0.25, -0.2) is 4.98 Å². The predicted molar refractivity (Wildman–Crippen MR) is 73.0 cm³/mol. The number of hydrogen-bond acceptors (Lipinski definition) is 3. The SMILES string of the molecule is O=C(Nc1cccc(F)n1)c1cc(I)ccc1O. The van der Waals surface area contributed by atoms with E-state index in [4.69, 9.17) is 0 Å². The molecular weight excluding hydrogens is 350 g/mol. The molecule has 0 aliphatic carbocycles. The summed E-state index contributed by atoms with van der Waals surface area (Å²) < 4.78 is 13.7.